The van der Waals surface area contributed by atoms with E-state index in [1.54, 1.807) is 0 Å². The molecule has 0 heterocycles. The maximum atomic E-state index is 12.3. The van der Waals surface area contributed by atoms with Crippen LogP contribution in [-0.2, 0) is 15.8 Å². The second kappa shape index (κ2) is 8.13. The molecule has 0 saturated heterocycles. The highest BCUT2D eigenvalue weighted by Gasteiger charge is 2.27. The van der Waals surface area contributed by atoms with E-state index in [0.717, 1.165) is 24.0 Å². The third kappa shape index (κ3) is 5.58. The number of sulfonamides is 1. The second-order valence-electron chi connectivity index (χ2n) is 5.75. The van der Waals surface area contributed by atoms with Gasteiger partial charge in [-0.3, -0.25) is 0 Å². The summed E-state index contributed by atoms with van der Waals surface area (Å²) in [5, 5.41) is 0. The van der Waals surface area contributed by atoms with Crippen molar-refractivity contribution in [3.8, 4) is 0 Å². The van der Waals surface area contributed by atoms with E-state index in [0.29, 0.717) is 12.5 Å². The molecule has 1 aliphatic carbocycles. The molecular weight excluding hydrogens is 308 g/mol. The van der Waals surface area contributed by atoms with Gasteiger partial charge < -0.3 is 5.73 Å². The van der Waals surface area contributed by atoms with Crippen LogP contribution in [0, 0.1) is 12.8 Å². The highest BCUT2D eigenvalue weighted by molar-refractivity contribution is 7.88. The molecule has 120 valence electrons. The lowest BCUT2D eigenvalue weighted by molar-refractivity contribution is 0.405. The van der Waals surface area contributed by atoms with Gasteiger partial charge in [0.2, 0.25) is 10.0 Å². The highest BCUT2D eigenvalue weighted by Crippen LogP contribution is 2.27. The van der Waals surface area contributed by atoms with Crippen LogP contribution in [0.15, 0.2) is 24.3 Å². The van der Waals surface area contributed by atoms with E-state index in [1.807, 2.05) is 31.2 Å². The average Bonchev–Trinajstić information content (AvgIpc) is 2.89. The zero-order valence-electron chi connectivity index (χ0n) is 12.4. The summed E-state index contributed by atoms with van der Waals surface area (Å²) < 4.78 is 27.3. The second-order valence-corrected chi connectivity index (χ2v) is 7.51. The summed E-state index contributed by atoms with van der Waals surface area (Å²) in [7, 11) is -3.33. The number of rotatable bonds is 6. The van der Waals surface area contributed by atoms with Gasteiger partial charge in [-0.1, -0.05) is 42.7 Å². The van der Waals surface area contributed by atoms with Crippen LogP contribution in [0.2, 0.25) is 0 Å². The number of nitrogens with one attached hydrogen (secondary N) is 1. The number of hydrogen-bond donors (Lipinski definition) is 2. The third-order valence-corrected chi connectivity index (χ3v) is 5.37. The molecule has 2 rings (SSSR count). The molecule has 1 atom stereocenters. The Morgan fingerprint density at radius 1 is 1.33 bits per heavy atom. The van der Waals surface area contributed by atoms with Gasteiger partial charge in [-0.05, 0) is 31.2 Å². The summed E-state index contributed by atoms with van der Waals surface area (Å²) in [4.78, 5) is 0. The van der Waals surface area contributed by atoms with Crippen molar-refractivity contribution in [1.29, 1.82) is 0 Å². The molecule has 0 amide bonds. The standard InChI is InChI=1S/C15H24N2O2S.ClH/c1-12-5-4-6-13(9-12)11-20(18,19)17-15(10-16)14-7-2-3-8-14;/h4-6,9,14-15,17H,2-3,7-8,10-11,16H2,1H3;1H. The Morgan fingerprint density at radius 2 is 2.00 bits per heavy atom. The number of aryl methyl sites for hydroxylation is 1. The maximum absolute atomic E-state index is 12.3. The summed E-state index contributed by atoms with van der Waals surface area (Å²) in [5.41, 5.74) is 7.64. The molecule has 1 unspecified atom stereocenters. The lowest BCUT2D eigenvalue weighted by Gasteiger charge is -2.23. The first-order chi connectivity index (χ1) is 9.50. The van der Waals surface area contributed by atoms with Gasteiger partial charge in [0.05, 0.1) is 5.75 Å². The quantitative estimate of drug-likeness (QED) is 0.840. The van der Waals surface area contributed by atoms with Crippen LogP contribution < -0.4 is 10.5 Å². The first kappa shape index (κ1) is 18.4. The molecule has 1 aromatic carbocycles. The topological polar surface area (TPSA) is 72.2 Å². The van der Waals surface area contributed by atoms with Crippen molar-refractivity contribution in [2.75, 3.05) is 6.54 Å². The van der Waals surface area contributed by atoms with Gasteiger partial charge in [0.1, 0.15) is 0 Å². The summed E-state index contributed by atoms with van der Waals surface area (Å²) in [6.45, 7) is 2.34. The minimum Gasteiger partial charge on any atom is -0.329 e. The molecule has 0 radical (unpaired) electrons. The fourth-order valence-electron chi connectivity index (χ4n) is 2.99. The van der Waals surface area contributed by atoms with Crippen molar-refractivity contribution in [1.82, 2.24) is 4.72 Å². The van der Waals surface area contributed by atoms with Gasteiger partial charge >= 0.3 is 0 Å². The molecule has 3 N–H and O–H groups in total. The zero-order chi connectivity index (χ0) is 14.6. The molecule has 0 aromatic heterocycles. The summed E-state index contributed by atoms with van der Waals surface area (Å²) >= 11 is 0. The van der Waals surface area contributed by atoms with Gasteiger partial charge in [-0.15, -0.1) is 12.4 Å². The molecule has 0 spiro atoms. The van der Waals surface area contributed by atoms with Crippen LogP contribution >= 0.6 is 12.4 Å². The minimum atomic E-state index is -3.33. The van der Waals surface area contributed by atoms with Crippen LogP contribution in [0.25, 0.3) is 0 Å². The normalized spacial score (nSPS) is 17.4. The van der Waals surface area contributed by atoms with Crippen molar-refractivity contribution in [2.24, 2.45) is 11.7 Å². The average molecular weight is 333 g/mol. The summed E-state index contributed by atoms with van der Waals surface area (Å²) in [6.07, 6.45) is 4.52. The molecule has 1 aliphatic rings. The summed E-state index contributed by atoms with van der Waals surface area (Å²) in [6, 6.07) is 7.49. The number of benzene rings is 1. The van der Waals surface area contributed by atoms with E-state index >= 15 is 0 Å². The Kier molecular flexibility index (Phi) is 7.13. The Labute approximate surface area is 134 Å². The fraction of sp³-hybridized carbons (Fsp3) is 0.600. The third-order valence-electron chi connectivity index (χ3n) is 3.99. The van der Waals surface area contributed by atoms with Gasteiger partial charge in [0.15, 0.2) is 0 Å². The largest absolute Gasteiger partial charge is 0.329 e. The lowest BCUT2D eigenvalue weighted by Crippen LogP contribution is -2.44. The lowest BCUT2D eigenvalue weighted by atomic mass is 9.99. The van der Waals surface area contributed by atoms with E-state index in [2.05, 4.69) is 4.72 Å². The van der Waals surface area contributed by atoms with E-state index in [-0.39, 0.29) is 24.2 Å². The first-order valence-corrected chi connectivity index (χ1v) is 8.91. The van der Waals surface area contributed by atoms with Crippen molar-refractivity contribution in [3.63, 3.8) is 0 Å². The summed E-state index contributed by atoms with van der Waals surface area (Å²) in [5.74, 6) is 0.421. The number of nitrogens with two attached hydrogens (primary N) is 1. The van der Waals surface area contributed by atoms with Crippen LogP contribution in [0.4, 0.5) is 0 Å². The number of hydrogen-bond acceptors (Lipinski definition) is 3. The Bertz CT molecular complexity index is 542. The van der Waals surface area contributed by atoms with Gasteiger partial charge in [-0.25, -0.2) is 13.1 Å². The minimum absolute atomic E-state index is 0. The highest BCUT2D eigenvalue weighted by atomic mass is 35.5. The maximum Gasteiger partial charge on any atom is 0.216 e. The Hall–Kier alpha value is -0.620. The van der Waals surface area contributed by atoms with Crippen molar-refractivity contribution >= 4 is 22.4 Å². The Morgan fingerprint density at radius 3 is 2.57 bits per heavy atom. The van der Waals surface area contributed by atoms with Gasteiger partial charge in [-0.2, -0.15) is 0 Å². The molecule has 21 heavy (non-hydrogen) atoms. The fourth-order valence-corrected chi connectivity index (χ4v) is 4.44. The van der Waals surface area contributed by atoms with Crippen LogP contribution in [-0.4, -0.2) is 21.0 Å². The number of halogens is 1. The predicted molar refractivity (Wildman–Crippen MR) is 89.0 cm³/mol. The van der Waals surface area contributed by atoms with E-state index in [1.165, 1.54) is 12.8 Å². The first-order valence-electron chi connectivity index (χ1n) is 7.26. The molecule has 1 fully saturated rings. The van der Waals surface area contributed by atoms with Crippen LogP contribution in [0.3, 0.4) is 0 Å². The molecule has 0 bridgehead atoms. The predicted octanol–water partition coefficient (Wildman–Crippen LogP) is 2.35. The molecule has 1 aromatic rings. The SMILES string of the molecule is Cc1cccc(CS(=O)(=O)NC(CN)C2CCCC2)c1.Cl. The van der Waals surface area contributed by atoms with Crippen molar-refractivity contribution in [3.05, 3.63) is 35.4 Å². The van der Waals surface area contributed by atoms with Gasteiger partial charge in [0.25, 0.3) is 0 Å². The monoisotopic (exact) mass is 332 g/mol. The zero-order valence-corrected chi connectivity index (χ0v) is 14.1. The Balaban J connectivity index is 0.00000220. The van der Waals surface area contributed by atoms with E-state index < -0.39 is 10.0 Å². The van der Waals surface area contributed by atoms with Crippen molar-refractivity contribution in [2.45, 2.75) is 44.4 Å². The molecule has 6 heteroatoms. The molecule has 0 aliphatic heterocycles. The molecular formula is C15H25ClN2O2S. The van der Waals surface area contributed by atoms with E-state index in [9.17, 15) is 8.42 Å². The molecule has 4 nitrogen and oxygen atoms in total. The van der Waals surface area contributed by atoms with Gasteiger partial charge in [0, 0.05) is 12.6 Å². The smallest absolute Gasteiger partial charge is 0.216 e. The van der Waals surface area contributed by atoms with Crippen LogP contribution in [0.1, 0.15) is 36.8 Å². The molecule has 1 saturated carbocycles. The van der Waals surface area contributed by atoms with Crippen LogP contribution in [0.5, 0.6) is 0 Å². The van der Waals surface area contributed by atoms with Crippen molar-refractivity contribution < 1.29 is 8.42 Å². The van der Waals surface area contributed by atoms with E-state index in [4.69, 9.17) is 5.73 Å².